The molecular weight excluding hydrogens is 308 g/mol. The minimum atomic E-state index is -0.610. The highest BCUT2D eigenvalue weighted by Gasteiger charge is 2.21. The third kappa shape index (κ3) is 2.96. The molecule has 0 saturated heterocycles. The van der Waals surface area contributed by atoms with Crippen LogP contribution in [0.1, 0.15) is 18.7 Å². The van der Waals surface area contributed by atoms with Crippen LogP contribution < -0.4 is 11.1 Å². The number of carbonyl (C=O) groups excluding carboxylic acids is 1. The van der Waals surface area contributed by atoms with E-state index >= 15 is 0 Å². The molecule has 1 amide bonds. The highest BCUT2D eigenvalue weighted by atomic mass is 79.9. The van der Waals surface area contributed by atoms with Crippen LogP contribution in [-0.4, -0.2) is 15.5 Å². The van der Waals surface area contributed by atoms with Crippen molar-refractivity contribution in [3.05, 3.63) is 47.0 Å². The second-order valence-electron chi connectivity index (χ2n) is 4.06. The van der Waals surface area contributed by atoms with Gasteiger partial charge in [-0.2, -0.15) is 0 Å². The Morgan fingerprint density at radius 2 is 2.26 bits per heavy atom. The number of primary amides is 1. The normalized spacial score (nSPS) is 12.1. The first-order valence-electron chi connectivity index (χ1n) is 5.94. The summed E-state index contributed by atoms with van der Waals surface area (Å²) in [4.78, 5) is 15.7. The van der Waals surface area contributed by atoms with Crippen LogP contribution in [0.25, 0.3) is 0 Å². The Hall–Kier alpha value is -1.82. The molecule has 0 bridgehead atoms. The second kappa shape index (κ2) is 5.88. The fourth-order valence-electron chi connectivity index (χ4n) is 1.86. The zero-order valence-corrected chi connectivity index (χ0v) is 12.1. The van der Waals surface area contributed by atoms with Gasteiger partial charge < -0.3 is 15.6 Å². The monoisotopic (exact) mass is 322 g/mol. The molecule has 0 aliphatic carbocycles. The highest BCUT2D eigenvalue weighted by molar-refractivity contribution is 9.10. The number of halogens is 1. The standard InChI is InChI=1S/C13H15BrN4O/c1-2-18-8-16-7-11(18)12(13(15)19)17-10-6-4-3-5-9(10)14/h3-8,12,17H,2H2,1H3,(H2,15,19). The van der Waals surface area contributed by atoms with Gasteiger partial charge in [0, 0.05) is 16.7 Å². The lowest BCUT2D eigenvalue weighted by molar-refractivity contribution is -0.119. The number of carbonyl (C=O) groups is 1. The van der Waals surface area contributed by atoms with Crippen LogP contribution in [0.5, 0.6) is 0 Å². The van der Waals surface area contributed by atoms with Crippen molar-refractivity contribution in [2.24, 2.45) is 5.73 Å². The van der Waals surface area contributed by atoms with Crippen LogP contribution in [-0.2, 0) is 11.3 Å². The van der Waals surface area contributed by atoms with Gasteiger partial charge in [-0.15, -0.1) is 0 Å². The molecule has 0 radical (unpaired) electrons. The maximum atomic E-state index is 11.7. The number of amides is 1. The first kappa shape index (κ1) is 13.6. The molecule has 1 unspecified atom stereocenters. The van der Waals surface area contributed by atoms with Crippen molar-refractivity contribution in [2.45, 2.75) is 19.5 Å². The average molecular weight is 323 g/mol. The zero-order chi connectivity index (χ0) is 13.8. The van der Waals surface area contributed by atoms with E-state index in [1.807, 2.05) is 35.8 Å². The molecule has 0 spiro atoms. The molecule has 0 aliphatic heterocycles. The van der Waals surface area contributed by atoms with Gasteiger partial charge in [0.05, 0.1) is 18.2 Å². The fraction of sp³-hybridized carbons (Fsp3) is 0.231. The largest absolute Gasteiger partial charge is 0.368 e. The molecule has 0 saturated carbocycles. The number of aryl methyl sites for hydroxylation is 1. The van der Waals surface area contributed by atoms with E-state index in [0.29, 0.717) is 0 Å². The van der Waals surface area contributed by atoms with Crippen LogP contribution in [0, 0.1) is 0 Å². The second-order valence-corrected chi connectivity index (χ2v) is 4.92. The van der Waals surface area contributed by atoms with Gasteiger partial charge in [0.2, 0.25) is 5.91 Å². The number of aromatic nitrogens is 2. The van der Waals surface area contributed by atoms with Gasteiger partial charge in [0.25, 0.3) is 0 Å². The minimum absolute atomic E-state index is 0.439. The van der Waals surface area contributed by atoms with E-state index < -0.39 is 11.9 Å². The topological polar surface area (TPSA) is 72.9 Å². The lowest BCUT2D eigenvalue weighted by atomic mass is 10.2. The quantitative estimate of drug-likeness (QED) is 0.887. The Bertz CT molecular complexity index is 582. The molecule has 0 aliphatic rings. The van der Waals surface area contributed by atoms with Gasteiger partial charge >= 0.3 is 0 Å². The summed E-state index contributed by atoms with van der Waals surface area (Å²) in [6.07, 6.45) is 3.34. The first-order chi connectivity index (χ1) is 9.13. The Kier molecular flexibility index (Phi) is 4.21. The molecule has 5 nitrogen and oxygen atoms in total. The number of nitrogens with zero attached hydrogens (tertiary/aromatic N) is 2. The molecule has 19 heavy (non-hydrogen) atoms. The van der Waals surface area contributed by atoms with Crippen molar-refractivity contribution in [1.82, 2.24) is 9.55 Å². The van der Waals surface area contributed by atoms with Gasteiger partial charge in [-0.05, 0) is 35.0 Å². The number of para-hydroxylation sites is 1. The van der Waals surface area contributed by atoms with E-state index in [-0.39, 0.29) is 0 Å². The van der Waals surface area contributed by atoms with Crippen LogP contribution in [0.2, 0.25) is 0 Å². The number of benzene rings is 1. The van der Waals surface area contributed by atoms with Crippen molar-refractivity contribution >= 4 is 27.5 Å². The van der Waals surface area contributed by atoms with E-state index in [0.717, 1.165) is 22.4 Å². The first-order valence-corrected chi connectivity index (χ1v) is 6.73. The predicted octanol–water partition coefficient (Wildman–Crippen LogP) is 2.30. The summed E-state index contributed by atoms with van der Waals surface area (Å²) >= 11 is 3.44. The van der Waals surface area contributed by atoms with Crippen LogP contribution >= 0.6 is 15.9 Å². The van der Waals surface area contributed by atoms with Crippen molar-refractivity contribution < 1.29 is 4.79 Å². The van der Waals surface area contributed by atoms with Gasteiger partial charge in [-0.25, -0.2) is 4.98 Å². The Morgan fingerprint density at radius 1 is 1.53 bits per heavy atom. The smallest absolute Gasteiger partial charge is 0.246 e. The highest BCUT2D eigenvalue weighted by Crippen LogP contribution is 2.26. The minimum Gasteiger partial charge on any atom is -0.368 e. The van der Waals surface area contributed by atoms with Crippen LogP contribution in [0.3, 0.4) is 0 Å². The van der Waals surface area contributed by atoms with Gasteiger partial charge in [-0.1, -0.05) is 12.1 Å². The van der Waals surface area contributed by atoms with Crippen molar-refractivity contribution in [2.75, 3.05) is 5.32 Å². The van der Waals surface area contributed by atoms with Crippen LogP contribution in [0.15, 0.2) is 41.3 Å². The van der Waals surface area contributed by atoms with Gasteiger partial charge in [-0.3, -0.25) is 4.79 Å². The van der Waals surface area contributed by atoms with Crippen LogP contribution in [0.4, 0.5) is 5.69 Å². The number of rotatable bonds is 5. The van der Waals surface area contributed by atoms with E-state index in [2.05, 4.69) is 26.2 Å². The predicted molar refractivity (Wildman–Crippen MR) is 77.6 cm³/mol. The SMILES string of the molecule is CCn1cncc1C(Nc1ccccc1Br)C(N)=O. The number of imidazole rings is 1. The summed E-state index contributed by atoms with van der Waals surface area (Å²) < 4.78 is 2.77. The lowest BCUT2D eigenvalue weighted by Gasteiger charge is -2.18. The van der Waals surface area contributed by atoms with Gasteiger partial charge in [0.1, 0.15) is 6.04 Å². The molecule has 3 N–H and O–H groups in total. The average Bonchev–Trinajstić information content (AvgIpc) is 2.85. The molecule has 1 heterocycles. The van der Waals surface area contributed by atoms with E-state index in [1.54, 1.807) is 12.5 Å². The Balaban J connectivity index is 2.32. The molecule has 0 fully saturated rings. The number of hydrogen-bond acceptors (Lipinski definition) is 3. The van der Waals surface area contributed by atoms with E-state index in [4.69, 9.17) is 5.73 Å². The maximum Gasteiger partial charge on any atom is 0.246 e. The molecule has 2 rings (SSSR count). The fourth-order valence-corrected chi connectivity index (χ4v) is 2.26. The lowest BCUT2D eigenvalue weighted by Crippen LogP contribution is -2.29. The number of nitrogens with two attached hydrogens (primary N) is 1. The molecular formula is C13H15BrN4O. The van der Waals surface area contributed by atoms with Crippen molar-refractivity contribution in [3.8, 4) is 0 Å². The third-order valence-corrected chi connectivity index (χ3v) is 3.53. The summed E-state index contributed by atoms with van der Waals surface area (Å²) in [5.41, 5.74) is 7.06. The maximum absolute atomic E-state index is 11.7. The molecule has 2 aromatic rings. The van der Waals surface area contributed by atoms with Gasteiger partial charge in [0.15, 0.2) is 0 Å². The summed E-state index contributed by atoms with van der Waals surface area (Å²) in [5.74, 6) is -0.439. The summed E-state index contributed by atoms with van der Waals surface area (Å²) in [7, 11) is 0. The third-order valence-electron chi connectivity index (χ3n) is 2.84. The number of hydrogen-bond donors (Lipinski definition) is 2. The van der Waals surface area contributed by atoms with E-state index in [9.17, 15) is 4.79 Å². The number of nitrogens with one attached hydrogen (secondary N) is 1. The summed E-state index contributed by atoms with van der Waals surface area (Å²) in [6, 6.07) is 6.97. The summed E-state index contributed by atoms with van der Waals surface area (Å²) in [5, 5.41) is 3.14. The molecule has 6 heteroatoms. The van der Waals surface area contributed by atoms with E-state index in [1.165, 1.54) is 0 Å². The van der Waals surface area contributed by atoms with Crippen molar-refractivity contribution in [3.63, 3.8) is 0 Å². The van der Waals surface area contributed by atoms with Crippen molar-refractivity contribution in [1.29, 1.82) is 0 Å². The zero-order valence-electron chi connectivity index (χ0n) is 10.5. The molecule has 1 aromatic carbocycles. The molecule has 1 aromatic heterocycles. The Morgan fingerprint density at radius 3 is 2.89 bits per heavy atom. The Labute approximate surface area is 120 Å². The molecule has 100 valence electrons. The molecule has 1 atom stereocenters. The summed E-state index contributed by atoms with van der Waals surface area (Å²) in [6.45, 7) is 2.72. The number of anilines is 1.